The van der Waals surface area contributed by atoms with E-state index in [0.29, 0.717) is 11.3 Å². The van der Waals surface area contributed by atoms with Crippen molar-refractivity contribution in [2.45, 2.75) is 40.7 Å². The number of hydrogen-bond acceptors (Lipinski definition) is 3. The van der Waals surface area contributed by atoms with Crippen LogP contribution < -0.4 is 14.8 Å². The number of nitrogens with one attached hydrogen (secondary N) is 1. The zero-order valence-corrected chi connectivity index (χ0v) is 13.2. The molecule has 1 N–H and O–H groups in total. The normalized spacial score (nSPS) is 15.2. The molecule has 2 rings (SSSR count). The largest absolute Gasteiger partial charge is 0.490 e. The van der Waals surface area contributed by atoms with Gasteiger partial charge in [0, 0.05) is 25.1 Å². The van der Waals surface area contributed by atoms with E-state index in [2.05, 4.69) is 39.1 Å². The van der Waals surface area contributed by atoms with Gasteiger partial charge < -0.3 is 14.8 Å². The predicted molar refractivity (Wildman–Crippen MR) is 82.4 cm³/mol. The molecule has 0 unspecified atom stereocenters. The van der Waals surface area contributed by atoms with Gasteiger partial charge in [-0.1, -0.05) is 39.8 Å². The van der Waals surface area contributed by atoms with Gasteiger partial charge in [0.2, 0.25) is 0 Å². The van der Waals surface area contributed by atoms with Gasteiger partial charge in [0.05, 0.1) is 13.2 Å². The van der Waals surface area contributed by atoms with Crippen LogP contribution in [0.15, 0.2) is 18.2 Å². The maximum absolute atomic E-state index is 5.84. The SMILES string of the molecule is CC(C)C(C)(C)CNCc1cccc2c1OCCCO2. The maximum Gasteiger partial charge on any atom is 0.165 e. The Morgan fingerprint density at radius 2 is 1.95 bits per heavy atom. The molecule has 0 bridgehead atoms. The highest BCUT2D eigenvalue weighted by atomic mass is 16.5. The molecule has 0 saturated heterocycles. The van der Waals surface area contributed by atoms with Crippen LogP contribution in [0, 0.1) is 11.3 Å². The Morgan fingerprint density at radius 1 is 1.20 bits per heavy atom. The number of para-hydroxylation sites is 1. The van der Waals surface area contributed by atoms with Crippen molar-refractivity contribution in [3.63, 3.8) is 0 Å². The zero-order valence-electron chi connectivity index (χ0n) is 13.2. The molecule has 20 heavy (non-hydrogen) atoms. The van der Waals surface area contributed by atoms with Crippen molar-refractivity contribution in [3.8, 4) is 11.5 Å². The second kappa shape index (κ2) is 6.49. The minimum absolute atomic E-state index is 0.295. The molecule has 0 saturated carbocycles. The van der Waals surface area contributed by atoms with Crippen LogP contribution in [0.25, 0.3) is 0 Å². The summed E-state index contributed by atoms with van der Waals surface area (Å²) >= 11 is 0. The first-order valence-corrected chi connectivity index (χ1v) is 7.59. The molecular formula is C17H27NO2. The summed E-state index contributed by atoms with van der Waals surface area (Å²) in [6.45, 7) is 12.4. The molecule has 0 aromatic heterocycles. The average Bonchev–Trinajstić information content (AvgIpc) is 2.64. The molecule has 0 spiro atoms. The van der Waals surface area contributed by atoms with Crippen molar-refractivity contribution in [1.29, 1.82) is 0 Å². The van der Waals surface area contributed by atoms with Gasteiger partial charge >= 0.3 is 0 Å². The third kappa shape index (κ3) is 3.66. The molecule has 1 aromatic carbocycles. The van der Waals surface area contributed by atoms with Crippen molar-refractivity contribution in [2.24, 2.45) is 11.3 Å². The summed E-state index contributed by atoms with van der Waals surface area (Å²) < 4.78 is 11.6. The van der Waals surface area contributed by atoms with Gasteiger partial charge in [0.15, 0.2) is 11.5 Å². The minimum atomic E-state index is 0.295. The number of rotatable bonds is 5. The van der Waals surface area contributed by atoms with Crippen LogP contribution in [0.4, 0.5) is 0 Å². The summed E-state index contributed by atoms with van der Waals surface area (Å²) in [6.07, 6.45) is 0.946. The molecule has 1 heterocycles. The second-order valence-corrected chi connectivity index (χ2v) is 6.54. The number of ether oxygens (including phenoxy) is 2. The van der Waals surface area contributed by atoms with E-state index in [1.165, 1.54) is 5.56 Å². The Hall–Kier alpha value is -1.22. The van der Waals surface area contributed by atoms with Crippen molar-refractivity contribution in [3.05, 3.63) is 23.8 Å². The lowest BCUT2D eigenvalue weighted by atomic mass is 9.81. The van der Waals surface area contributed by atoms with Gasteiger partial charge in [-0.3, -0.25) is 0 Å². The molecule has 1 aliphatic rings. The van der Waals surface area contributed by atoms with Crippen molar-refractivity contribution in [1.82, 2.24) is 5.32 Å². The third-order valence-electron chi connectivity index (χ3n) is 4.31. The Bertz CT molecular complexity index is 441. The molecule has 1 aliphatic heterocycles. The lowest BCUT2D eigenvalue weighted by Crippen LogP contribution is -2.33. The first kappa shape index (κ1) is 15.2. The maximum atomic E-state index is 5.84. The van der Waals surface area contributed by atoms with Gasteiger partial charge in [-0.05, 0) is 17.4 Å². The van der Waals surface area contributed by atoms with E-state index >= 15 is 0 Å². The Kier molecular flexibility index (Phi) is 4.92. The van der Waals surface area contributed by atoms with Crippen LogP contribution in [0.3, 0.4) is 0 Å². The quantitative estimate of drug-likeness (QED) is 0.891. The van der Waals surface area contributed by atoms with E-state index in [1.54, 1.807) is 0 Å². The molecule has 112 valence electrons. The minimum Gasteiger partial charge on any atom is -0.490 e. The van der Waals surface area contributed by atoms with Gasteiger partial charge in [-0.2, -0.15) is 0 Å². The zero-order chi connectivity index (χ0) is 14.6. The average molecular weight is 277 g/mol. The monoisotopic (exact) mass is 277 g/mol. The van der Waals surface area contributed by atoms with E-state index < -0.39 is 0 Å². The third-order valence-corrected chi connectivity index (χ3v) is 4.31. The van der Waals surface area contributed by atoms with Gasteiger partial charge in [-0.25, -0.2) is 0 Å². The Morgan fingerprint density at radius 3 is 2.70 bits per heavy atom. The fourth-order valence-corrected chi connectivity index (χ4v) is 2.12. The fraction of sp³-hybridized carbons (Fsp3) is 0.647. The number of benzene rings is 1. The molecule has 3 nitrogen and oxygen atoms in total. The van der Waals surface area contributed by atoms with E-state index in [-0.39, 0.29) is 0 Å². The van der Waals surface area contributed by atoms with E-state index in [0.717, 1.165) is 44.2 Å². The summed E-state index contributed by atoms with van der Waals surface area (Å²) in [5.74, 6) is 2.45. The van der Waals surface area contributed by atoms with Crippen molar-refractivity contribution in [2.75, 3.05) is 19.8 Å². The highest BCUT2D eigenvalue weighted by Gasteiger charge is 2.22. The molecule has 0 radical (unpaired) electrons. The Balaban J connectivity index is 2.00. The number of fused-ring (bicyclic) bond motifs is 1. The number of hydrogen-bond donors (Lipinski definition) is 1. The van der Waals surface area contributed by atoms with Crippen LogP contribution in [0.1, 0.15) is 39.7 Å². The molecule has 0 amide bonds. The summed E-state index contributed by atoms with van der Waals surface area (Å²) in [4.78, 5) is 0. The van der Waals surface area contributed by atoms with Crippen LogP contribution in [0.2, 0.25) is 0 Å². The highest BCUT2D eigenvalue weighted by Crippen LogP contribution is 2.33. The van der Waals surface area contributed by atoms with Gasteiger partial charge in [0.1, 0.15) is 0 Å². The van der Waals surface area contributed by atoms with Crippen LogP contribution in [-0.4, -0.2) is 19.8 Å². The molecule has 0 atom stereocenters. The topological polar surface area (TPSA) is 30.5 Å². The van der Waals surface area contributed by atoms with E-state index in [1.807, 2.05) is 12.1 Å². The van der Waals surface area contributed by atoms with Crippen LogP contribution in [-0.2, 0) is 6.54 Å². The highest BCUT2D eigenvalue weighted by molar-refractivity contribution is 5.47. The predicted octanol–water partition coefficient (Wildman–Crippen LogP) is 3.62. The van der Waals surface area contributed by atoms with Crippen molar-refractivity contribution >= 4 is 0 Å². The second-order valence-electron chi connectivity index (χ2n) is 6.54. The van der Waals surface area contributed by atoms with E-state index in [4.69, 9.17) is 9.47 Å². The van der Waals surface area contributed by atoms with Gasteiger partial charge in [-0.15, -0.1) is 0 Å². The summed E-state index contributed by atoms with van der Waals surface area (Å²) in [7, 11) is 0. The van der Waals surface area contributed by atoms with Crippen molar-refractivity contribution < 1.29 is 9.47 Å². The summed E-state index contributed by atoms with van der Waals surface area (Å²) in [6, 6.07) is 6.14. The smallest absolute Gasteiger partial charge is 0.165 e. The summed E-state index contributed by atoms with van der Waals surface area (Å²) in [5.41, 5.74) is 1.48. The van der Waals surface area contributed by atoms with E-state index in [9.17, 15) is 0 Å². The summed E-state index contributed by atoms with van der Waals surface area (Å²) in [5, 5.41) is 3.56. The van der Waals surface area contributed by atoms with Crippen LogP contribution in [0.5, 0.6) is 11.5 Å². The fourth-order valence-electron chi connectivity index (χ4n) is 2.12. The molecular weight excluding hydrogens is 250 g/mol. The first-order chi connectivity index (χ1) is 9.50. The van der Waals surface area contributed by atoms with Crippen LogP contribution >= 0.6 is 0 Å². The van der Waals surface area contributed by atoms with Gasteiger partial charge in [0.25, 0.3) is 0 Å². The molecule has 3 heteroatoms. The lowest BCUT2D eigenvalue weighted by molar-refractivity contribution is 0.237. The molecule has 0 fully saturated rings. The standard InChI is InChI=1S/C17H27NO2/c1-13(2)17(3,4)12-18-11-14-7-5-8-15-16(14)20-10-6-9-19-15/h5,7-8,13,18H,6,9-12H2,1-4H3. The first-order valence-electron chi connectivity index (χ1n) is 7.59. The Labute approximate surface area is 122 Å². The molecule has 0 aliphatic carbocycles. The molecule has 1 aromatic rings. The lowest BCUT2D eigenvalue weighted by Gasteiger charge is -2.29.